The van der Waals surface area contributed by atoms with Gasteiger partial charge in [-0.3, -0.25) is 0 Å². The van der Waals surface area contributed by atoms with E-state index in [4.69, 9.17) is 4.74 Å². The molecule has 0 spiro atoms. The number of ether oxygens (including phenoxy) is 1. The van der Waals surface area contributed by atoms with Gasteiger partial charge in [0.1, 0.15) is 5.75 Å². The van der Waals surface area contributed by atoms with E-state index in [1.54, 1.807) is 0 Å². The molecule has 0 saturated carbocycles. The third kappa shape index (κ3) is 4.67. The summed E-state index contributed by atoms with van der Waals surface area (Å²) in [5.74, 6) is 0.946. The molecule has 0 aliphatic carbocycles. The number of nitrogens with one attached hydrogen (secondary N) is 1. The Morgan fingerprint density at radius 1 is 1.33 bits per heavy atom. The number of aliphatic hydroxyl groups excluding tert-OH is 1. The van der Waals surface area contributed by atoms with Crippen LogP contribution in [-0.2, 0) is 0 Å². The van der Waals surface area contributed by atoms with Gasteiger partial charge in [0.25, 0.3) is 0 Å². The zero-order valence-electron chi connectivity index (χ0n) is 11.7. The van der Waals surface area contributed by atoms with Crippen molar-refractivity contribution >= 4 is 0 Å². The maximum Gasteiger partial charge on any atom is 0.122 e. The summed E-state index contributed by atoms with van der Waals surface area (Å²) in [5, 5.41) is 12.5. The van der Waals surface area contributed by atoms with Gasteiger partial charge in [-0.25, -0.2) is 0 Å². The second-order valence-corrected chi connectivity index (χ2v) is 4.67. The summed E-state index contributed by atoms with van der Waals surface area (Å²) < 4.78 is 5.78. The third-order valence-electron chi connectivity index (χ3n) is 3.18. The van der Waals surface area contributed by atoms with E-state index in [-0.39, 0.29) is 12.6 Å². The number of rotatable bonds is 8. The second kappa shape index (κ2) is 8.11. The van der Waals surface area contributed by atoms with Crippen LogP contribution in [0.4, 0.5) is 0 Å². The summed E-state index contributed by atoms with van der Waals surface area (Å²) >= 11 is 0. The Morgan fingerprint density at radius 2 is 2.11 bits per heavy atom. The van der Waals surface area contributed by atoms with Crippen molar-refractivity contribution in [1.82, 2.24) is 5.32 Å². The minimum atomic E-state index is 0.134. The van der Waals surface area contributed by atoms with E-state index >= 15 is 0 Å². The van der Waals surface area contributed by atoms with Crippen molar-refractivity contribution < 1.29 is 9.84 Å². The highest BCUT2D eigenvalue weighted by Gasteiger charge is 2.07. The first-order valence-electron chi connectivity index (χ1n) is 6.72. The molecule has 0 saturated heterocycles. The van der Waals surface area contributed by atoms with Crippen molar-refractivity contribution in [1.29, 1.82) is 0 Å². The van der Waals surface area contributed by atoms with Crippen LogP contribution >= 0.6 is 0 Å². The van der Waals surface area contributed by atoms with Crippen molar-refractivity contribution in [2.24, 2.45) is 0 Å². The van der Waals surface area contributed by atoms with Crippen LogP contribution in [0.25, 0.3) is 0 Å². The molecule has 0 aliphatic heterocycles. The average molecular weight is 251 g/mol. The maximum atomic E-state index is 9.23. The molecule has 0 amide bonds. The topological polar surface area (TPSA) is 41.5 Å². The van der Waals surface area contributed by atoms with E-state index in [0.717, 1.165) is 25.1 Å². The van der Waals surface area contributed by atoms with Crippen molar-refractivity contribution in [3.05, 3.63) is 29.3 Å². The molecule has 1 rings (SSSR count). The maximum absolute atomic E-state index is 9.23. The van der Waals surface area contributed by atoms with Gasteiger partial charge in [0.2, 0.25) is 0 Å². The molecule has 0 aliphatic rings. The van der Waals surface area contributed by atoms with Gasteiger partial charge in [0.15, 0.2) is 0 Å². The minimum absolute atomic E-state index is 0.134. The van der Waals surface area contributed by atoms with Gasteiger partial charge in [-0.05, 0) is 50.4 Å². The highest BCUT2D eigenvalue weighted by Crippen LogP contribution is 2.20. The van der Waals surface area contributed by atoms with Crippen molar-refractivity contribution in [2.45, 2.75) is 39.7 Å². The lowest BCUT2D eigenvalue weighted by Crippen LogP contribution is -2.34. The van der Waals surface area contributed by atoms with E-state index in [1.807, 2.05) is 12.1 Å². The smallest absolute Gasteiger partial charge is 0.122 e. The van der Waals surface area contributed by atoms with Crippen molar-refractivity contribution in [2.75, 3.05) is 19.8 Å². The Morgan fingerprint density at radius 3 is 2.78 bits per heavy atom. The lowest BCUT2D eigenvalue weighted by atomic mass is 10.1. The fourth-order valence-electron chi connectivity index (χ4n) is 1.80. The quantitative estimate of drug-likeness (QED) is 0.745. The van der Waals surface area contributed by atoms with E-state index in [9.17, 15) is 5.11 Å². The lowest BCUT2D eigenvalue weighted by molar-refractivity contribution is 0.208. The van der Waals surface area contributed by atoms with Gasteiger partial charge in [-0.1, -0.05) is 19.1 Å². The fourth-order valence-corrected chi connectivity index (χ4v) is 1.80. The molecule has 0 bridgehead atoms. The van der Waals surface area contributed by atoms with E-state index in [1.165, 1.54) is 11.1 Å². The minimum Gasteiger partial charge on any atom is -0.493 e. The summed E-state index contributed by atoms with van der Waals surface area (Å²) in [5.41, 5.74) is 2.44. The first-order valence-corrected chi connectivity index (χ1v) is 6.72. The highest BCUT2D eigenvalue weighted by atomic mass is 16.5. The first-order chi connectivity index (χ1) is 8.69. The SMILES string of the molecule is CCCNC(CO)CCOc1cccc(C)c1C. The Hall–Kier alpha value is -1.06. The fraction of sp³-hybridized carbons (Fsp3) is 0.600. The number of aliphatic hydroxyl groups is 1. The van der Waals surface area contributed by atoms with Crippen LogP contribution in [0.15, 0.2) is 18.2 Å². The van der Waals surface area contributed by atoms with Gasteiger partial charge >= 0.3 is 0 Å². The number of aryl methyl sites for hydroxylation is 1. The van der Waals surface area contributed by atoms with E-state index in [2.05, 4.69) is 32.2 Å². The van der Waals surface area contributed by atoms with Crippen LogP contribution in [-0.4, -0.2) is 30.9 Å². The molecule has 2 N–H and O–H groups in total. The standard InChI is InChI=1S/C15H25NO2/c1-4-9-16-14(11-17)8-10-18-15-7-5-6-12(2)13(15)3/h5-7,14,16-17H,4,8-11H2,1-3H3. The number of benzene rings is 1. The Kier molecular flexibility index (Phi) is 6.76. The molecule has 18 heavy (non-hydrogen) atoms. The van der Waals surface area contributed by atoms with Crippen LogP contribution in [0.5, 0.6) is 5.75 Å². The molecule has 3 nitrogen and oxygen atoms in total. The zero-order valence-corrected chi connectivity index (χ0v) is 11.7. The summed E-state index contributed by atoms with van der Waals surface area (Å²) in [6, 6.07) is 6.23. The molecular weight excluding hydrogens is 226 g/mol. The first kappa shape index (κ1) is 15.0. The molecular formula is C15H25NO2. The van der Waals surface area contributed by atoms with Crippen LogP contribution in [0, 0.1) is 13.8 Å². The van der Waals surface area contributed by atoms with E-state index < -0.39 is 0 Å². The Labute approximate surface area is 110 Å². The molecule has 102 valence electrons. The van der Waals surface area contributed by atoms with E-state index in [0.29, 0.717) is 6.61 Å². The van der Waals surface area contributed by atoms with Crippen molar-refractivity contribution in [3.63, 3.8) is 0 Å². The molecule has 1 aromatic carbocycles. The van der Waals surface area contributed by atoms with Gasteiger partial charge in [-0.15, -0.1) is 0 Å². The highest BCUT2D eigenvalue weighted by molar-refractivity contribution is 5.38. The Balaban J connectivity index is 2.38. The van der Waals surface area contributed by atoms with Gasteiger partial charge in [-0.2, -0.15) is 0 Å². The molecule has 0 radical (unpaired) electrons. The Bertz CT molecular complexity index is 352. The average Bonchev–Trinajstić information content (AvgIpc) is 2.38. The van der Waals surface area contributed by atoms with Gasteiger partial charge in [0.05, 0.1) is 13.2 Å². The normalized spacial score (nSPS) is 12.4. The molecule has 3 heteroatoms. The summed E-state index contributed by atoms with van der Waals surface area (Å²) in [6.45, 7) is 8.01. The van der Waals surface area contributed by atoms with Gasteiger partial charge in [0, 0.05) is 6.04 Å². The van der Waals surface area contributed by atoms with Crippen molar-refractivity contribution in [3.8, 4) is 5.75 Å². The van der Waals surface area contributed by atoms with Gasteiger partial charge < -0.3 is 15.2 Å². The summed E-state index contributed by atoms with van der Waals surface area (Å²) in [6.07, 6.45) is 1.90. The zero-order chi connectivity index (χ0) is 13.4. The monoisotopic (exact) mass is 251 g/mol. The summed E-state index contributed by atoms with van der Waals surface area (Å²) in [7, 11) is 0. The number of hydrogen-bond acceptors (Lipinski definition) is 3. The third-order valence-corrected chi connectivity index (χ3v) is 3.18. The lowest BCUT2D eigenvalue weighted by Gasteiger charge is -2.17. The van der Waals surface area contributed by atoms with Crippen LogP contribution in [0.2, 0.25) is 0 Å². The van der Waals surface area contributed by atoms with Crippen LogP contribution in [0.3, 0.4) is 0 Å². The predicted octanol–water partition coefficient (Wildman–Crippen LogP) is 2.43. The molecule has 0 aromatic heterocycles. The summed E-state index contributed by atoms with van der Waals surface area (Å²) in [4.78, 5) is 0. The molecule has 1 aromatic rings. The predicted molar refractivity (Wildman–Crippen MR) is 75.2 cm³/mol. The molecule has 0 heterocycles. The molecule has 0 fully saturated rings. The number of hydrogen-bond donors (Lipinski definition) is 2. The largest absolute Gasteiger partial charge is 0.493 e. The molecule has 1 unspecified atom stereocenters. The second-order valence-electron chi connectivity index (χ2n) is 4.67. The molecule has 1 atom stereocenters. The van der Waals surface area contributed by atoms with Crippen LogP contribution in [0.1, 0.15) is 30.9 Å². The van der Waals surface area contributed by atoms with Crippen LogP contribution < -0.4 is 10.1 Å².